The molecule has 1 aliphatic rings. The second-order valence-electron chi connectivity index (χ2n) is 6.94. The molecule has 0 N–H and O–H groups in total. The predicted octanol–water partition coefficient (Wildman–Crippen LogP) is 3.82. The van der Waals surface area contributed by atoms with Crippen molar-refractivity contribution in [1.82, 2.24) is 9.21 Å². The van der Waals surface area contributed by atoms with Gasteiger partial charge in [0.25, 0.3) is 0 Å². The molecular weight excluding hydrogens is 399 g/mol. The highest BCUT2D eigenvalue weighted by molar-refractivity contribution is 7.89. The van der Waals surface area contributed by atoms with Gasteiger partial charge in [-0.1, -0.05) is 6.92 Å². The molecule has 1 unspecified atom stereocenters. The molecule has 8 heteroatoms. The Balaban J connectivity index is 1.57. The van der Waals surface area contributed by atoms with Crippen LogP contribution in [0.5, 0.6) is 0 Å². The highest BCUT2D eigenvalue weighted by atomic mass is 32.2. The lowest BCUT2D eigenvalue weighted by molar-refractivity contribution is -0.134. The van der Waals surface area contributed by atoms with Crippen LogP contribution < -0.4 is 0 Å². The van der Waals surface area contributed by atoms with E-state index in [1.54, 1.807) is 11.3 Å². The van der Waals surface area contributed by atoms with Gasteiger partial charge in [0.2, 0.25) is 15.9 Å². The third-order valence-electron chi connectivity index (χ3n) is 5.19. The number of nitrogens with zero attached hydrogens (tertiary/aromatic N) is 2. The topological polar surface area (TPSA) is 57.7 Å². The van der Waals surface area contributed by atoms with Crippen LogP contribution in [-0.2, 0) is 21.2 Å². The number of benzene rings is 1. The molecule has 0 spiro atoms. The molecule has 0 radical (unpaired) electrons. The van der Waals surface area contributed by atoms with Crippen LogP contribution in [0.15, 0.2) is 40.6 Å². The van der Waals surface area contributed by atoms with Gasteiger partial charge in [-0.05, 0) is 60.5 Å². The summed E-state index contributed by atoms with van der Waals surface area (Å²) in [6, 6.07) is 6.99. The normalized spacial score (nSPS) is 17.0. The summed E-state index contributed by atoms with van der Waals surface area (Å²) in [6.07, 6.45) is 2.50. The zero-order chi connectivity index (χ0) is 20.3. The van der Waals surface area contributed by atoms with Gasteiger partial charge in [-0.2, -0.15) is 0 Å². The first-order valence-electron chi connectivity index (χ1n) is 9.42. The maximum atomic E-state index is 13.0. The molecule has 28 heavy (non-hydrogen) atoms. The quantitative estimate of drug-likeness (QED) is 0.679. The van der Waals surface area contributed by atoms with Crippen molar-refractivity contribution in [3.8, 4) is 0 Å². The summed E-state index contributed by atoms with van der Waals surface area (Å²) in [6.45, 7) is 3.04. The molecule has 5 nitrogen and oxygen atoms in total. The van der Waals surface area contributed by atoms with E-state index in [-0.39, 0.29) is 23.4 Å². The van der Waals surface area contributed by atoms with Gasteiger partial charge < -0.3 is 4.90 Å². The van der Waals surface area contributed by atoms with Gasteiger partial charge >= 0.3 is 0 Å². The maximum Gasteiger partial charge on any atom is 0.242 e. The van der Waals surface area contributed by atoms with Crippen molar-refractivity contribution >= 4 is 27.3 Å². The van der Waals surface area contributed by atoms with E-state index in [2.05, 4.69) is 18.4 Å². The summed E-state index contributed by atoms with van der Waals surface area (Å²) >= 11 is 1.75. The number of halogens is 1. The Morgan fingerprint density at radius 2 is 2.00 bits per heavy atom. The summed E-state index contributed by atoms with van der Waals surface area (Å²) in [4.78, 5) is 16.1. The van der Waals surface area contributed by atoms with Gasteiger partial charge in [0.05, 0.1) is 10.9 Å². The van der Waals surface area contributed by atoms with Crippen LogP contribution in [0.2, 0.25) is 0 Å². The van der Waals surface area contributed by atoms with Crippen molar-refractivity contribution in [2.45, 2.75) is 43.5 Å². The average molecular weight is 425 g/mol. The first kappa shape index (κ1) is 21.0. The Morgan fingerprint density at radius 1 is 1.29 bits per heavy atom. The van der Waals surface area contributed by atoms with Crippen LogP contribution in [0.25, 0.3) is 0 Å². The Kier molecular flexibility index (Phi) is 6.52. The molecule has 0 aliphatic carbocycles. The Labute approximate surface area is 169 Å². The minimum absolute atomic E-state index is 0.0507. The van der Waals surface area contributed by atoms with Gasteiger partial charge in [-0.25, -0.2) is 17.1 Å². The van der Waals surface area contributed by atoms with Crippen molar-refractivity contribution in [3.63, 3.8) is 0 Å². The highest BCUT2D eigenvalue weighted by Gasteiger charge is 2.30. The van der Waals surface area contributed by atoms with E-state index in [9.17, 15) is 17.6 Å². The molecule has 0 saturated carbocycles. The minimum atomic E-state index is -3.68. The van der Waals surface area contributed by atoms with E-state index in [0.717, 1.165) is 25.0 Å². The molecule has 1 amide bonds. The first-order valence-corrected chi connectivity index (χ1v) is 11.7. The average Bonchev–Trinajstić information content (AvgIpc) is 3.16. The van der Waals surface area contributed by atoms with Crippen LogP contribution in [0.3, 0.4) is 0 Å². The van der Waals surface area contributed by atoms with Crippen molar-refractivity contribution in [2.24, 2.45) is 0 Å². The number of hydrogen-bond acceptors (Lipinski definition) is 4. The number of carbonyl (C=O) groups is 1. The van der Waals surface area contributed by atoms with Crippen LogP contribution in [0, 0.1) is 5.82 Å². The van der Waals surface area contributed by atoms with Crippen molar-refractivity contribution in [1.29, 1.82) is 0 Å². The second-order valence-corrected chi connectivity index (χ2v) is 9.99. The van der Waals surface area contributed by atoms with Gasteiger partial charge in [0.15, 0.2) is 0 Å². The van der Waals surface area contributed by atoms with Crippen LogP contribution in [-0.4, -0.2) is 43.7 Å². The molecule has 0 bridgehead atoms. The van der Waals surface area contributed by atoms with E-state index in [1.165, 1.54) is 33.9 Å². The van der Waals surface area contributed by atoms with Crippen LogP contribution >= 0.6 is 11.3 Å². The molecule has 1 aromatic heterocycles. The summed E-state index contributed by atoms with van der Waals surface area (Å²) < 4.78 is 39.3. The monoisotopic (exact) mass is 424 g/mol. The SMILES string of the molecule is CCC1c2ccsc2CCN1C(=O)CCCN(C)S(=O)(=O)c1ccc(F)cc1. The standard InChI is InChI=1S/C20H25FN2O3S2/c1-3-18-17-11-14-27-19(17)10-13-23(18)20(24)5-4-12-22(2)28(25,26)16-8-6-15(21)7-9-16/h6-9,11,14,18H,3-5,10,12-13H2,1-2H3. The van der Waals surface area contributed by atoms with Crippen molar-refractivity contribution in [3.05, 3.63) is 52.0 Å². The largest absolute Gasteiger partial charge is 0.335 e. The third-order valence-corrected chi connectivity index (χ3v) is 8.05. The van der Waals surface area contributed by atoms with Gasteiger partial charge in [0.1, 0.15) is 5.82 Å². The second kappa shape index (κ2) is 8.71. The fourth-order valence-corrected chi connectivity index (χ4v) is 5.78. The van der Waals surface area contributed by atoms with E-state index in [0.29, 0.717) is 19.4 Å². The minimum Gasteiger partial charge on any atom is -0.335 e. The van der Waals surface area contributed by atoms with Crippen LogP contribution in [0.4, 0.5) is 4.39 Å². The smallest absolute Gasteiger partial charge is 0.242 e. The molecule has 0 fully saturated rings. The number of rotatable bonds is 7. The molecule has 1 aliphatic heterocycles. The molecule has 3 rings (SSSR count). The van der Waals surface area contributed by atoms with Gasteiger partial charge in [-0.3, -0.25) is 4.79 Å². The van der Waals surface area contributed by atoms with Crippen LogP contribution in [0.1, 0.15) is 42.7 Å². The molecule has 2 aromatic rings. The fraction of sp³-hybridized carbons (Fsp3) is 0.450. The van der Waals surface area contributed by atoms with Crippen molar-refractivity contribution in [2.75, 3.05) is 20.1 Å². The lowest BCUT2D eigenvalue weighted by atomic mass is 9.97. The number of amides is 1. The van der Waals surface area contributed by atoms with E-state index >= 15 is 0 Å². The lowest BCUT2D eigenvalue weighted by Crippen LogP contribution is -2.39. The maximum absolute atomic E-state index is 13.0. The number of sulfonamides is 1. The highest BCUT2D eigenvalue weighted by Crippen LogP contribution is 2.35. The van der Waals surface area contributed by atoms with E-state index < -0.39 is 15.8 Å². The van der Waals surface area contributed by atoms with Crippen molar-refractivity contribution < 1.29 is 17.6 Å². The summed E-state index contributed by atoms with van der Waals surface area (Å²) in [5, 5.41) is 2.08. The molecular formula is C20H25FN2O3S2. The lowest BCUT2D eigenvalue weighted by Gasteiger charge is -2.35. The first-order chi connectivity index (χ1) is 13.3. The molecule has 0 saturated heterocycles. The molecule has 1 atom stereocenters. The number of hydrogen-bond donors (Lipinski definition) is 0. The summed E-state index contributed by atoms with van der Waals surface area (Å²) in [5.41, 5.74) is 1.25. The number of thiophene rings is 1. The Bertz CT molecular complexity index is 925. The number of carbonyl (C=O) groups excluding carboxylic acids is 1. The molecule has 1 aromatic carbocycles. The van der Waals surface area contributed by atoms with E-state index in [4.69, 9.17) is 0 Å². The number of fused-ring (bicyclic) bond motifs is 1. The summed E-state index contributed by atoms with van der Waals surface area (Å²) in [7, 11) is -2.20. The fourth-order valence-electron chi connectivity index (χ4n) is 3.64. The zero-order valence-corrected chi connectivity index (χ0v) is 17.7. The Morgan fingerprint density at radius 3 is 2.68 bits per heavy atom. The summed E-state index contributed by atoms with van der Waals surface area (Å²) in [5.74, 6) is -0.413. The van der Waals surface area contributed by atoms with Gasteiger partial charge in [-0.15, -0.1) is 11.3 Å². The zero-order valence-electron chi connectivity index (χ0n) is 16.1. The predicted molar refractivity (Wildman–Crippen MR) is 108 cm³/mol. The third kappa shape index (κ3) is 4.29. The van der Waals surface area contributed by atoms with Gasteiger partial charge in [0, 0.05) is 31.4 Å². The Hall–Kier alpha value is -1.77. The van der Waals surface area contributed by atoms with E-state index in [1.807, 2.05) is 4.90 Å². The molecule has 2 heterocycles. The molecule has 152 valence electrons.